The topological polar surface area (TPSA) is 79.7 Å². The fourth-order valence-corrected chi connectivity index (χ4v) is 3.66. The molecule has 1 fully saturated rings. The van der Waals surface area contributed by atoms with E-state index in [4.69, 9.17) is 4.74 Å². The third kappa shape index (κ3) is 3.47. The van der Waals surface area contributed by atoms with Crippen LogP contribution in [0, 0.1) is 0 Å². The van der Waals surface area contributed by atoms with Gasteiger partial charge in [0.05, 0.1) is 18.2 Å². The van der Waals surface area contributed by atoms with Gasteiger partial charge in [-0.1, -0.05) is 30.3 Å². The third-order valence-corrected chi connectivity index (χ3v) is 5.05. The molecule has 0 saturated carbocycles. The molecular weight excluding hydrogens is 328 g/mol. The number of methoxy groups -OCH3 is 1. The number of carboxylic acids is 1. The van der Waals surface area contributed by atoms with Crippen molar-refractivity contribution >= 4 is 23.2 Å². The van der Waals surface area contributed by atoms with Gasteiger partial charge in [0.15, 0.2) is 0 Å². The minimum Gasteiger partial charge on any atom is -0.480 e. The first-order valence-corrected chi connectivity index (χ1v) is 8.51. The van der Waals surface area contributed by atoms with Crippen LogP contribution < -0.4 is 0 Å². The van der Waals surface area contributed by atoms with Gasteiger partial charge in [0.1, 0.15) is 11.0 Å². The molecule has 2 unspecified atom stereocenters. The van der Waals surface area contributed by atoms with E-state index in [9.17, 15) is 14.7 Å². The molecule has 0 radical (unpaired) electrons. The molecule has 2 heterocycles. The van der Waals surface area contributed by atoms with Crippen molar-refractivity contribution in [1.29, 1.82) is 0 Å². The van der Waals surface area contributed by atoms with Crippen molar-refractivity contribution < 1.29 is 19.4 Å². The van der Waals surface area contributed by atoms with Crippen molar-refractivity contribution in [2.75, 3.05) is 13.7 Å². The normalized spacial score (nSPS) is 20.3. The Kier molecular flexibility index (Phi) is 4.92. The maximum absolute atomic E-state index is 12.5. The maximum atomic E-state index is 12.5. The summed E-state index contributed by atoms with van der Waals surface area (Å²) in [7, 11) is 1.53. The van der Waals surface area contributed by atoms with Crippen LogP contribution in [0.25, 0.3) is 10.6 Å². The Labute approximate surface area is 143 Å². The number of amides is 1. The number of benzene rings is 1. The van der Waals surface area contributed by atoms with Gasteiger partial charge in [-0.05, 0) is 0 Å². The number of rotatable bonds is 5. The van der Waals surface area contributed by atoms with Gasteiger partial charge in [-0.15, -0.1) is 11.3 Å². The van der Waals surface area contributed by atoms with Crippen LogP contribution in [0.5, 0.6) is 0 Å². The number of hydrogen-bond acceptors (Lipinski definition) is 5. The van der Waals surface area contributed by atoms with E-state index in [2.05, 4.69) is 4.98 Å². The molecule has 24 heavy (non-hydrogen) atoms. The fourth-order valence-electron chi connectivity index (χ4n) is 2.84. The number of carboxylic acid groups (broad SMARTS) is 1. The van der Waals surface area contributed by atoms with Crippen LogP contribution in [-0.4, -0.2) is 52.7 Å². The maximum Gasteiger partial charge on any atom is 0.326 e. The fraction of sp³-hybridized carbons (Fsp3) is 0.353. The number of carbonyl (C=O) groups excluding carboxylic acids is 1. The zero-order chi connectivity index (χ0) is 17.1. The van der Waals surface area contributed by atoms with Crippen LogP contribution in [0.2, 0.25) is 0 Å². The molecule has 2 aromatic rings. The van der Waals surface area contributed by atoms with Crippen LogP contribution in [-0.2, 0) is 20.7 Å². The largest absolute Gasteiger partial charge is 0.480 e. The molecule has 0 aliphatic carbocycles. The molecule has 1 amide bonds. The molecule has 0 spiro atoms. The van der Waals surface area contributed by atoms with E-state index in [1.807, 2.05) is 35.7 Å². The molecular formula is C17H18N2O4S. The number of carbonyl (C=O) groups is 2. The van der Waals surface area contributed by atoms with Gasteiger partial charge in [-0.3, -0.25) is 4.79 Å². The number of ether oxygens (including phenoxy) is 1. The first-order valence-electron chi connectivity index (χ1n) is 7.63. The number of hydrogen-bond donors (Lipinski definition) is 1. The van der Waals surface area contributed by atoms with E-state index in [0.29, 0.717) is 18.7 Å². The molecule has 6 nitrogen and oxygen atoms in total. The number of thiazole rings is 1. The van der Waals surface area contributed by atoms with Crippen LogP contribution in [0.1, 0.15) is 12.1 Å². The summed E-state index contributed by atoms with van der Waals surface area (Å²) in [5.74, 6) is -1.22. The van der Waals surface area contributed by atoms with E-state index in [0.717, 1.165) is 10.6 Å². The van der Waals surface area contributed by atoms with Crippen LogP contribution in [0.3, 0.4) is 0 Å². The van der Waals surface area contributed by atoms with Crippen LogP contribution in [0.4, 0.5) is 0 Å². The Balaban J connectivity index is 1.71. The average molecular weight is 346 g/mol. The first-order chi connectivity index (χ1) is 11.6. The summed E-state index contributed by atoms with van der Waals surface area (Å²) in [6, 6.07) is 8.92. The predicted octanol–water partition coefficient (Wildman–Crippen LogP) is 2.05. The molecule has 1 aliphatic heterocycles. The third-order valence-electron chi connectivity index (χ3n) is 4.11. The lowest BCUT2D eigenvalue weighted by atomic mass is 10.2. The highest BCUT2D eigenvalue weighted by Gasteiger charge is 2.39. The van der Waals surface area contributed by atoms with Crippen molar-refractivity contribution in [2.45, 2.75) is 25.0 Å². The van der Waals surface area contributed by atoms with E-state index in [1.165, 1.54) is 23.3 Å². The second-order valence-corrected chi connectivity index (χ2v) is 6.54. The second kappa shape index (κ2) is 7.11. The van der Waals surface area contributed by atoms with Crippen molar-refractivity contribution in [1.82, 2.24) is 9.88 Å². The molecule has 126 valence electrons. The first kappa shape index (κ1) is 16.6. The van der Waals surface area contributed by atoms with Gasteiger partial charge in [0, 0.05) is 31.0 Å². The quantitative estimate of drug-likeness (QED) is 0.896. The second-order valence-electron chi connectivity index (χ2n) is 5.68. The summed E-state index contributed by atoms with van der Waals surface area (Å²) in [6.07, 6.45) is 0.193. The SMILES string of the molecule is COC1CC(C(=O)O)N(C(=O)Cc2csc(-c3ccccc3)n2)C1. The summed E-state index contributed by atoms with van der Waals surface area (Å²) in [5, 5.41) is 12.0. The van der Waals surface area contributed by atoms with Gasteiger partial charge in [0.25, 0.3) is 0 Å². The lowest BCUT2D eigenvalue weighted by Gasteiger charge is -2.20. The lowest BCUT2D eigenvalue weighted by molar-refractivity contribution is -0.148. The zero-order valence-electron chi connectivity index (χ0n) is 13.2. The highest BCUT2D eigenvalue weighted by atomic mass is 32.1. The molecule has 1 aliphatic rings. The molecule has 1 aromatic carbocycles. The zero-order valence-corrected chi connectivity index (χ0v) is 14.0. The van der Waals surface area contributed by atoms with Crippen molar-refractivity contribution in [3.8, 4) is 10.6 Å². The molecule has 1 N–H and O–H groups in total. The molecule has 7 heteroatoms. The summed E-state index contributed by atoms with van der Waals surface area (Å²) in [5.41, 5.74) is 1.67. The van der Waals surface area contributed by atoms with Crippen LogP contribution >= 0.6 is 11.3 Å². The van der Waals surface area contributed by atoms with E-state index >= 15 is 0 Å². The van der Waals surface area contributed by atoms with Crippen molar-refractivity contribution in [3.63, 3.8) is 0 Å². The van der Waals surface area contributed by atoms with Crippen LogP contribution in [0.15, 0.2) is 35.7 Å². The highest BCUT2D eigenvalue weighted by Crippen LogP contribution is 2.25. The molecule has 3 rings (SSSR count). The number of aliphatic carboxylic acids is 1. The molecule has 0 bridgehead atoms. The average Bonchev–Trinajstić information content (AvgIpc) is 3.22. The van der Waals surface area contributed by atoms with Gasteiger partial charge in [-0.25, -0.2) is 9.78 Å². The smallest absolute Gasteiger partial charge is 0.326 e. The van der Waals surface area contributed by atoms with Gasteiger partial charge < -0.3 is 14.7 Å². The monoisotopic (exact) mass is 346 g/mol. The minimum atomic E-state index is -0.994. The van der Waals surface area contributed by atoms with E-state index in [1.54, 1.807) is 0 Å². The Morgan fingerprint density at radius 2 is 2.12 bits per heavy atom. The molecule has 2 atom stereocenters. The van der Waals surface area contributed by atoms with Crippen molar-refractivity contribution in [3.05, 3.63) is 41.4 Å². The van der Waals surface area contributed by atoms with E-state index in [-0.39, 0.29) is 18.4 Å². The highest BCUT2D eigenvalue weighted by molar-refractivity contribution is 7.13. The summed E-state index contributed by atoms with van der Waals surface area (Å²) in [6.45, 7) is 0.308. The standard InChI is InChI=1S/C17H18N2O4S/c1-23-13-8-14(17(21)22)19(9-13)15(20)7-12-10-24-16(18-12)11-5-3-2-4-6-11/h2-6,10,13-14H,7-9H2,1H3,(H,21,22). The molecule has 1 saturated heterocycles. The van der Waals surface area contributed by atoms with E-state index < -0.39 is 12.0 Å². The Morgan fingerprint density at radius 3 is 2.79 bits per heavy atom. The predicted molar refractivity (Wildman–Crippen MR) is 89.8 cm³/mol. The Hall–Kier alpha value is -2.25. The minimum absolute atomic E-state index is 0.101. The Morgan fingerprint density at radius 1 is 1.38 bits per heavy atom. The lowest BCUT2D eigenvalue weighted by Crippen LogP contribution is -2.41. The van der Waals surface area contributed by atoms with Gasteiger partial charge >= 0.3 is 5.97 Å². The summed E-state index contributed by atoms with van der Waals surface area (Å²) >= 11 is 1.48. The number of nitrogens with zero attached hydrogens (tertiary/aromatic N) is 2. The summed E-state index contributed by atoms with van der Waals surface area (Å²) < 4.78 is 5.21. The summed E-state index contributed by atoms with van der Waals surface area (Å²) in [4.78, 5) is 29.7. The number of aromatic nitrogens is 1. The Bertz CT molecular complexity index is 731. The van der Waals surface area contributed by atoms with Gasteiger partial charge in [0.2, 0.25) is 5.91 Å². The molecule has 1 aromatic heterocycles. The number of likely N-dealkylation sites (tertiary alicyclic amines) is 1. The van der Waals surface area contributed by atoms with Gasteiger partial charge in [-0.2, -0.15) is 0 Å². The van der Waals surface area contributed by atoms with Crippen molar-refractivity contribution in [2.24, 2.45) is 0 Å².